The predicted molar refractivity (Wildman–Crippen MR) is 75.4 cm³/mol. The molecular weight excluding hydrogens is 272 g/mol. The van der Waals surface area contributed by atoms with Crippen LogP contribution in [0.4, 0.5) is 0 Å². The summed E-state index contributed by atoms with van der Waals surface area (Å²) in [5.74, 6) is 0.835. The number of nitrogens with zero attached hydrogens (tertiary/aromatic N) is 3. The lowest BCUT2D eigenvalue weighted by atomic mass is 10.0. The van der Waals surface area contributed by atoms with Gasteiger partial charge in [0.2, 0.25) is 5.91 Å². The Morgan fingerprint density at radius 1 is 1.38 bits per heavy atom. The molecule has 0 aliphatic carbocycles. The Morgan fingerprint density at radius 3 is 2.71 bits per heavy atom. The highest BCUT2D eigenvalue weighted by atomic mass is 16.5. The van der Waals surface area contributed by atoms with Gasteiger partial charge >= 0.3 is 0 Å². The van der Waals surface area contributed by atoms with Gasteiger partial charge in [0.15, 0.2) is 5.76 Å². The van der Waals surface area contributed by atoms with E-state index < -0.39 is 0 Å². The van der Waals surface area contributed by atoms with Crippen molar-refractivity contribution in [2.45, 2.75) is 19.5 Å². The summed E-state index contributed by atoms with van der Waals surface area (Å²) in [5, 5.41) is 3.89. The van der Waals surface area contributed by atoms with E-state index >= 15 is 0 Å². The number of carbonyl (C=O) groups excluding carboxylic acids is 1. The molecule has 0 spiro atoms. The highest BCUT2D eigenvalue weighted by Gasteiger charge is 2.35. The topological polar surface area (TPSA) is 84.8 Å². The molecule has 1 amide bonds. The van der Waals surface area contributed by atoms with Crippen LogP contribution in [-0.2, 0) is 16.1 Å². The zero-order valence-corrected chi connectivity index (χ0v) is 12.3. The molecule has 0 radical (unpaired) electrons. The van der Waals surface area contributed by atoms with Crippen LogP contribution in [0, 0.1) is 12.8 Å². The summed E-state index contributed by atoms with van der Waals surface area (Å²) >= 11 is 0. The maximum absolute atomic E-state index is 12.4. The number of nitrogens with two attached hydrogens (primary N) is 1. The molecule has 2 saturated heterocycles. The van der Waals surface area contributed by atoms with E-state index in [1.807, 2.05) is 17.9 Å². The molecule has 7 nitrogen and oxygen atoms in total. The lowest BCUT2D eigenvalue weighted by Crippen LogP contribution is -2.52. The van der Waals surface area contributed by atoms with Crippen LogP contribution in [0.3, 0.4) is 0 Å². The first kappa shape index (κ1) is 14.5. The number of carbonyl (C=O) groups is 1. The molecule has 3 rings (SSSR count). The summed E-state index contributed by atoms with van der Waals surface area (Å²) < 4.78 is 10.5. The number of piperazine rings is 1. The van der Waals surface area contributed by atoms with Gasteiger partial charge in [0, 0.05) is 38.3 Å². The SMILES string of the molecule is Cc1cc(CN2CCN(C(=O)C3COCC3N)CC2)on1. The number of amides is 1. The summed E-state index contributed by atoms with van der Waals surface area (Å²) in [5.41, 5.74) is 6.81. The zero-order valence-electron chi connectivity index (χ0n) is 12.3. The fourth-order valence-corrected chi connectivity index (χ4v) is 2.90. The molecule has 2 unspecified atom stereocenters. The number of aromatic nitrogens is 1. The molecule has 2 aliphatic heterocycles. The van der Waals surface area contributed by atoms with Crippen molar-refractivity contribution >= 4 is 5.91 Å². The van der Waals surface area contributed by atoms with Crippen LogP contribution in [0.1, 0.15) is 11.5 Å². The molecule has 2 N–H and O–H groups in total. The summed E-state index contributed by atoms with van der Waals surface area (Å²) in [4.78, 5) is 16.6. The summed E-state index contributed by atoms with van der Waals surface area (Å²) in [6.07, 6.45) is 0. The van der Waals surface area contributed by atoms with Crippen molar-refractivity contribution in [1.82, 2.24) is 15.0 Å². The third-order valence-electron chi connectivity index (χ3n) is 4.18. The highest BCUT2D eigenvalue weighted by molar-refractivity contribution is 5.80. The molecule has 0 bridgehead atoms. The molecule has 21 heavy (non-hydrogen) atoms. The molecule has 0 saturated carbocycles. The highest BCUT2D eigenvalue weighted by Crippen LogP contribution is 2.17. The van der Waals surface area contributed by atoms with E-state index in [4.69, 9.17) is 15.0 Å². The van der Waals surface area contributed by atoms with Gasteiger partial charge in [0.05, 0.1) is 31.4 Å². The lowest BCUT2D eigenvalue weighted by molar-refractivity contribution is -0.137. The van der Waals surface area contributed by atoms with Crippen molar-refractivity contribution < 1.29 is 14.1 Å². The first-order valence-electron chi connectivity index (χ1n) is 7.40. The molecular formula is C14H22N4O3. The molecule has 1 aromatic heterocycles. The largest absolute Gasteiger partial charge is 0.379 e. The van der Waals surface area contributed by atoms with E-state index in [-0.39, 0.29) is 17.9 Å². The predicted octanol–water partition coefficient (Wildman–Crippen LogP) is -0.399. The number of rotatable bonds is 3. The summed E-state index contributed by atoms with van der Waals surface area (Å²) in [6.45, 7) is 6.75. The Kier molecular flexibility index (Phi) is 4.23. The van der Waals surface area contributed by atoms with Crippen molar-refractivity contribution in [3.63, 3.8) is 0 Å². The van der Waals surface area contributed by atoms with Gasteiger partial charge in [-0.2, -0.15) is 0 Å². The van der Waals surface area contributed by atoms with Gasteiger partial charge in [0.1, 0.15) is 0 Å². The Bertz CT molecular complexity index is 496. The van der Waals surface area contributed by atoms with Crippen molar-refractivity contribution in [1.29, 1.82) is 0 Å². The van der Waals surface area contributed by atoms with Gasteiger partial charge in [-0.25, -0.2) is 0 Å². The van der Waals surface area contributed by atoms with Crippen molar-refractivity contribution in [3.8, 4) is 0 Å². The number of aryl methyl sites for hydroxylation is 1. The standard InChI is InChI=1S/C14H22N4O3/c1-10-6-11(21-16-10)7-17-2-4-18(5-3-17)14(19)12-8-20-9-13(12)15/h6,12-13H,2-5,7-9,15H2,1H3. The third-order valence-corrected chi connectivity index (χ3v) is 4.18. The average Bonchev–Trinajstić information content (AvgIpc) is 3.08. The van der Waals surface area contributed by atoms with Crippen molar-refractivity contribution in [3.05, 3.63) is 17.5 Å². The fourth-order valence-electron chi connectivity index (χ4n) is 2.90. The minimum Gasteiger partial charge on any atom is -0.379 e. The second-order valence-corrected chi connectivity index (χ2v) is 5.84. The van der Waals surface area contributed by atoms with E-state index in [9.17, 15) is 4.79 Å². The first-order chi connectivity index (χ1) is 10.1. The van der Waals surface area contributed by atoms with Crippen LogP contribution in [0.5, 0.6) is 0 Å². The van der Waals surface area contributed by atoms with Crippen LogP contribution in [0.2, 0.25) is 0 Å². The normalized spacial score (nSPS) is 27.2. The van der Waals surface area contributed by atoms with Crippen LogP contribution >= 0.6 is 0 Å². The van der Waals surface area contributed by atoms with Gasteiger partial charge in [-0.05, 0) is 6.92 Å². The Morgan fingerprint density at radius 2 is 2.14 bits per heavy atom. The quantitative estimate of drug-likeness (QED) is 0.816. The Balaban J connectivity index is 1.49. The monoisotopic (exact) mass is 294 g/mol. The van der Waals surface area contributed by atoms with Gasteiger partial charge in [-0.15, -0.1) is 0 Å². The molecule has 2 atom stereocenters. The maximum atomic E-state index is 12.4. The Hall–Kier alpha value is -1.44. The molecule has 2 aliphatic rings. The van der Waals surface area contributed by atoms with Crippen LogP contribution in [-0.4, -0.2) is 66.3 Å². The van der Waals surface area contributed by atoms with Gasteiger partial charge in [0.25, 0.3) is 0 Å². The third kappa shape index (κ3) is 3.25. The maximum Gasteiger partial charge on any atom is 0.229 e. The van der Waals surface area contributed by atoms with E-state index in [2.05, 4.69) is 10.1 Å². The molecule has 2 fully saturated rings. The van der Waals surface area contributed by atoms with Gasteiger partial charge in [-0.3, -0.25) is 9.69 Å². The minimum absolute atomic E-state index is 0.134. The van der Waals surface area contributed by atoms with E-state index in [1.165, 1.54) is 0 Å². The molecule has 3 heterocycles. The minimum atomic E-state index is -0.173. The smallest absolute Gasteiger partial charge is 0.229 e. The fraction of sp³-hybridized carbons (Fsp3) is 0.714. The van der Waals surface area contributed by atoms with Crippen molar-refractivity contribution in [2.75, 3.05) is 39.4 Å². The van der Waals surface area contributed by atoms with Crippen LogP contribution < -0.4 is 5.73 Å². The molecule has 116 valence electrons. The van der Waals surface area contributed by atoms with Crippen LogP contribution in [0.15, 0.2) is 10.6 Å². The van der Waals surface area contributed by atoms with E-state index in [0.29, 0.717) is 13.2 Å². The average molecular weight is 294 g/mol. The first-order valence-corrected chi connectivity index (χ1v) is 7.40. The number of ether oxygens (including phenoxy) is 1. The molecule has 7 heteroatoms. The summed E-state index contributed by atoms with van der Waals surface area (Å²) in [7, 11) is 0. The molecule has 0 aromatic carbocycles. The lowest BCUT2D eigenvalue weighted by Gasteiger charge is -2.35. The van der Waals surface area contributed by atoms with Gasteiger partial charge < -0.3 is 19.9 Å². The number of hydrogen-bond acceptors (Lipinski definition) is 6. The number of hydrogen-bond donors (Lipinski definition) is 1. The Labute approximate surface area is 124 Å². The zero-order chi connectivity index (χ0) is 14.8. The van der Waals surface area contributed by atoms with Crippen molar-refractivity contribution in [2.24, 2.45) is 11.7 Å². The molecule has 1 aromatic rings. The van der Waals surface area contributed by atoms with Crippen LogP contribution in [0.25, 0.3) is 0 Å². The van der Waals surface area contributed by atoms with E-state index in [0.717, 1.165) is 44.2 Å². The van der Waals surface area contributed by atoms with E-state index in [1.54, 1.807) is 0 Å². The second-order valence-electron chi connectivity index (χ2n) is 5.84. The summed E-state index contributed by atoms with van der Waals surface area (Å²) in [6, 6.07) is 1.79. The van der Waals surface area contributed by atoms with Gasteiger partial charge in [-0.1, -0.05) is 5.16 Å². The second kappa shape index (κ2) is 6.13.